The number of thiophene rings is 1. The standard InChI is InChI=1S/C20H24N2O3S3/c1-20(2,3)27(23)21-15-9-6-11-17-19(15)14-8-4-5-10-16(14)22(17)28(24,25)18-12-7-13-26-18/h4-5,7-8,10,12-13,15,21H,6,9,11H2,1-3H3/t15-,27+/m0/s1. The molecule has 150 valence electrons. The molecule has 8 heteroatoms. The van der Waals surface area contributed by atoms with Crippen LogP contribution in [-0.2, 0) is 27.8 Å². The lowest BCUT2D eigenvalue weighted by atomic mass is 9.91. The molecule has 0 amide bonds. The Hall–Kier alpha value is -1.32. The van der Waals surface area contributed by atoms with Gasteiger partial charge in [0.05, 0.1) is 11.6 Å². The molecular formula is C20H24N2O3S3. The Morgan fingerprint density at radius 3 is 2.64 bits per heavy atom. The van der Waals surface area contributed by atoms with Crippen molar-refractivity contribution in [3.63, 3.8) is 0 Å². The molecule has 1 N–H and O–H groups in total. The predicted octanol–water partition coefficient (Wildman–Crippen LogP) is 4.37. The van der Waals surface area contributed by atoms with Crippen LogP contribution in [0.2, 0.25) is 0 Å². The molecule has 2 atom stereocenters. The van der Waals surface area contributed by atoms with E-state index in [1.807, 2.05) is 45.0 Å². The number of nitrogens with one attached hydrogen (secondary N) is 1. The van der Waals surface area contributed by atoms with Crippen LogP contribution < -0.4 is 4.72 Å². The second-order valence-corrected chi connectivity index (χ2v) is 13.0. The molecule has 28 heavy (non-hydrogen) atoms. The Labute approximate surface area is 173 Å². The maximum Gasteiger partial charge on any atom is 0.277 e. The third kappa shape index (κ3) is 3.31. The molecule has 0 radical (unpaired) electrons. The highest BCUT2D eigenvalue weighted by molar-refractivity contribution is 7.92. The first kappa shape index (κ1) is 20.0. The second-order valence-electron chi connectivity index (χ2n) is 8.02. The average Bonchev–Trinajstić information content (AvgIpc) is 3.28. The number of aromatic nitrogens is 1. The summed E-state index contributed by atoms with van der Waals surface area (Å²) in [5.41, 5.74) is 2.47. The van der Waals surface area contributed by atoms with Crippen LogP contribution in [0, 0.1) is 0 Å². The molecule has 0 spiro atoms. The van der Waals surface area contributed by atoms with E-state index in [-0.39, 0.29) is 10.8 Å². The number of hydrogen-bond acceptors (Lipinski definition) is 5. The number of benzene rings is 1. The van der Waals surface area contributed by atoms with E-state index in [0.29, 0.717) is 16.1 Å². The Bertz CT molecular complexity index is 1100. The fourth-order valence-corrected chi connectivity index (χ4v) is 7.23. The number of rotatable bonds is 4. The van der Waals surface area contributed by atoms with Gasteiger partial charge in [-0.05, 0) is 57.5 Å². The molecule has 0 saturated carbocycles. The second kappa shape index (κ2) is 7.18. The van der Waals surface area contributed by atoms with Gasteiger partial charge in [-0.3, -0.25) is 0 Å². The van der Waals surface area contributed by atoms with Gasteiger partial charge in [-0.2, -0.15) is 8.42 Å². The molecular weight excluding hydrogens is 412 g/mol. The molecule has 0 bridgehead atoms. The molecule has 2 aromatic heterocycles. The summed E-state index contributed by atoms with van der Waals surface area (Å²) in [4.78, 5) is 0. The monoisotopic (exact) mass is 436 g/mol. The molecule has 1 aromatic carbocycles. The van der Waals surface area contributed by atoms with E-state index in [9.17, 15) is 13.0 Å². The summed E-state index contributed by atoms with van der Waals surface area (Å²) in [5, 5.41) is 2.70. The molecule has 0 unspecified atom stereocenters. The molecule has 0 fully saturated rings. The van der Waals surface area contributed by atoms with E-state index in [4.69, 9.17) is 0 Å². The van der Waals surface area contributed by atoms with Gasteiger partial charge in [0.1, 0.15) is 8.96 Å². The van der Waals surface area contributed by atoms with Crippen molar-refractivity contribution < 1.29 is 13.0 Å². The summed E-state index contributed by atoms with van der Waals surface area (Å²) in [7, 11) is -3.67. The van der Waals surface area contributed by atoms with Gasteiger partial charge < -0.3 is 4.55 Å². The third-order valence-electron chi connectivity index (χ3n) is 5.02. The van der Waals surface area contributed by atoms with Gasteiger partial charge in [0.15, 0.2) is 0 Å². The van der Waals surface area contributed by atoms with E-state index >= 15 is 0 Å². The van der Waals surface area contributed by atoms with Crippen molar-refractivity contribution >= 4 is 43.6 Å². The van der Waals surface area contributed by atoms with Gasteiger partial charge >= 0.3 is 0 Å². The summed E-state index contributed by atoms with van der Waals surface area (Å²) < 4.78 is 44.3. The van der Waals surface area contributed by atoms with E-state index in [1.165, 1.54) is 15.3 Å². The first-order chi connectivity index (χ1) is 13.2. The zero-order valence-electron chi connectivity index (χ0n) is 16.1. The zero-order valence-corrected chi connectivity index (χ0v) is 18.6. The molecule has 2 heterocycles. The minimum absolute atomic E-state index is 0.131. The number of para-hydroxylation sites is 1. The van der Waals surface area contributed by atoms with Crippen LogP contribution in [-0.4, -0.2) is 21.7 Å². The van der Waals surface area contributed by atoms with Crippen LogP contribution in [0.5, 0.6) is 0 Å². The zero-order chi connectivity index (χ0) is 20.1. The molecule has 0 saturated heterocycles. The van der Waals surface area contributed by atoms with Crippen LogP contribution in [0.25, 0.3) is 10.9 Å². The van der Waals surface area contributed by atoms with Gasteiger partial charge in [0.25, 0.3) is 10.0 Å². The summed E-state index contributed by atoms with van der Waals surface area (Å²) in [6.45, 7) is 5.80. The minimum Gasteiger partial charge on any atom is -0.598 e. The number of nitrogens with zero attached hydrogens (tertiary/aromatic N) is 1. The minimum atomic E-state index is -3.67. The Balaban J connectivity index is 1.91. The van der Waals surface area contributed by atoms with Gasteiger partial charge in [0.2, 0.25) is 0 Å². The molecule has 3 aromatic rings. The summed E-state index contributed by atoms with van der Waals surface area (Å²) >= 11 is -0.00407. The molecule has 1 aliphatic rings. The van der Waals surface area contributed by atoms with Gasteiger partial charge in [0, 0.05) is 28.0 Å². The van der Waals surface area contributed by atoms with Crippen LogP contribution in [0.1, 0.15) is 50.9 Å². The highest BCUT2D eigenvalue weighted by Gasteiger charge is 2.36. The highest BCUT2D eigenvalue weighted by atomic mass is 32.2. The quantitative estimate of drug-likeness (QED) is 0.616. The van der Waals surface area contributed by atoms with Crippen molar-refractivity contribution in [2.45, 2.75) is 55.0 Å². The first-order valence-electron chi connectivity index (χ1n) is 9.30. The Kier molecular flexibility index (Phi) is 5.12. The fraction of sp³-hybridized carbons (Fsp3) is 0.400. The summed E-state index contributed by atoms with van der Waals surface area (Å²) in [6, 6.07) is 10.9. The summed E-state index contributed by atoms with van der Waals surface area (Å²) in [5.74, 6) is 0. The van der Waals surface area contributed by atoms with Crippen LogP contribution in [0.15, 0.2) is 46.0 Å². The predicted molar refractivity (Wildman–Crippen MR) is 116 cm³/mol. The largest absolute Gasteiger partial charge is 0.598 e. The van der Waals surface area contributed by atoms with Crippen molar-refractivity contribution in [3.05, 3.63) is 53.0 Å². The number of fused-ring (bicyclic) bond motifs is 3. The lowest BCUT2D eigenvalue weighted by Gasteiger charge is -2.30. The number of hydrogen-bond donors (Lipinski definition) is 1. The first-order valence-corrected chi connectivity index (χ1v) is 12.8. The third-order valence-corrected chi connectivity index (χ3v) is 9.75. The van der Waals surface area contributed by atoms with Crippen LogP contribution in [0.4, 0.5) is 0 Å². The molecule has 1 aliphatic carbocycles. The van der Waals surface area contributed by atoms with Crippen molar-refractivity contribution in [3.8, 4) is 0 Å². The Morgan fingerprint density at radius 1 is 1.21 bits per heavy atom. The highest BCUT2D eigenvalue weighted by Crippen LogP contribution is 2.41. The van der Waals surface area contributed by atoms with Crippen molar-refractivity contribution in [1.29, 1.82) is 0 Å². The van der Waals surface area contributed by atoms with Crippen LogP contribution >= 0.6 is 11.3 Å². The fourth-order valence-electron chi connectivity index (χ4n) is 3.73. The average molecular weight is 437 g/mol. The van der Waals surface area contributed by atoms with E-state index < -0.39 is 21.4 Å². The van der Waals surface area contributed by atoms with Crippen LogP contribution in [0.3, 0.4) is 0 Å². The van der Waals surface area contributed by atoms with E-state index in [2.05, 4.69) is 4.72 Å². The smallest absolute Gasteiger partial charge is 0.277 e. The van der Waals surface area contributed by atoms with Gasteiger partial charge in [-0.25, -0.2) is 3.97 Å². The lowest BCUT2D eigenvalue weighted by molar-refractivity contribution is 0.488. The Morgan fingerprint density at radius 2 is 1.96 bits per heavy atom. The summed E-state index contributed by atoms with van der Waals surface area (Å²) in [6.07, 6.45) is 2.37. The lowest BCUT2D eigenvalue weighted by Crippen LogP contribution is -2.42. The molecule has 5 nitrogen and oxygen atoms in total. The van der Waals surface area contributed by atoms with Crippen molar-refractivity contribution in [2.24, 2.45) is 0 Å². The molecule has 0 aliphatic heterocycles. The topological polar surface area (TPSA) is 74.2 Å². The van der Waals surface area contributed by atoms with Crippen molar-refractivity contribution in [1.82, 2.24) is 8.69 Å². The van der Waals surface area contributed by atoms with E-state index in [0.717, 1.165) is 29.5 Å². The normalized spacial score (nSPS) is 18.9. The SMILES string of the molecule is CC(C)(C)[S@@+]([O-])N[C@H]1CCCc2c1c1ccccc1n2S(=O)(=O)c1cccs1. The van der Waals surface area contributed by atoms with Crippen molar-refractivity contribution in [2.75, 3.05) is 0 Å². The van der Waals surface area contributed by atoms with Gasteiger partial charge in [-0.1, -0.05) is 24.3 Å². The van der Waals surface area contributed by atoms with E-state index in [1.54, 1.807) is 17.5 Å². The van der Waals surface area contributed by atoms with Gasteiger partial charge in [-0.15, -0.1) is 16.1 Å². The maximum atomic E-state index is 13.4. The maximum absolute atomic E-state index is 13.4. The molecule has 4 rings (SSSR count).